The average molecular weight is 168 g/mol. The van der Waals surface area contributed by atoms with Crippen molar-refractivity contribution in [2.24, 2.45) is 5.92 Å². The van der Waals surface area contributed by atoms with Crippen LogP contribution in [0.4, 0.5) is 0 Å². The molecule has 1 rings (SSSR count). The summed E-state index contributed by atoms with van der Waals surface area (Å²) in [4.78, 5) is 22.1. The maximum absolute atomic E-state index is 11.2. The lowest BCUT2D eigenvalue weighted by atomic mass is 10.0. The molecule has 0 aromatic carbocycles. The molecule has 1 aliphatic carbocycles. The first-order valence-corrected chi connectivity index (χ1v) is 4.02. The zero-order valence-corrected chi connectivity index (χ0v) is 7.29. The third kappa shape index (κ3) is 1.72. The molecular formula is C9H12O3. The second kappa shape index (κ2) is 3.52. The van der Waals surface area contributed by atoms with Crippen LogP contribution < -0.4 is 0 Å². The van der Waals surface area contributed by atoms with Gasteiger partial charge in [0.15, 0.2) is 5.78 Å². The zero-order valence-electron chi connectivity index (χ0n) is 7.29. The first-order chi connectivity index (χ1) is 5.65. The van der Waals surface area contributed by atoms with Gasteiger partial charge in [0, 0.05) is 6.42 Å². The molecule has 0 heterocycles. The topological polar surface area (TPSA) is 43.4 Å². The Morgan fingerprint density at radius 2 is 2.42 bits per heavy atom. The Labute approximate surface area is 71.4 Å². The molecule has 0 aliphatic heterocycles. The Hall–Kier alpha value is -1.12. The quantitative estimate of drug-likeness (QED) is 0.579. The molecule has 0 unspecified atom stereocenters. The van der Waals surface area contributed by atoms with Gasteiger partial charge in [-0.1, -0.05) is 5.57 Å². The lowest BCUT2D eigenvalue weighted by Crippen LogP contribution is -2.17. The van der Waals surface area contributed by atoms with Gasteiger partial charge in [0.1, 0.15) is 0 Å². The summed E-state index contributed by atoms with van der Waals surface area (Å²) < 4.78 is 4.81. The van der Waals surface area contributed by atoms with Crippen molar-refractivity contribution < 1.29 is 14.3 Å². The van der Waals surface area contributed by atoms with Crippen LogP contribution in [0.15, 0.2) is 11.6 Å². The summed E-state index contributed by atoms with van der Waals surface area (Å²) in [7, 11) is 0. The Bertz CT molecular complexity index is 240. The van der Waals surface area contributed by atoms with Crippen molar-refractivity contribution in [3.05, 3.63) is 11.6 Å². The van der Waals surface area contributed by atoms with Crippen LogP contribution in [0.3, 0.4) is 0 Å². The number of hydrogen-bond donors (Lipinski definition) is 0. The molecule has 66 valence electrons. The van der Waals surface area contributed by atoms with Gasteiger partial charge in [-0.3, -0.25) is 9.59 Å². The van der Waals surface area contributed by atoms with Gasteiger partial charge < -0.3 is 4.74 Å². The van der Waals surface area contributed by atoms with Crippen LogP contribution in [-0.4, -0.2) is 18.4 Å². The van der Waals surface area contributed by atoms with Crippen LogP contribution in [0.2, 0.25) is 0 Å². The van der Waals surface area contributed by atoms with E-state index in [-0.39, 0.29) is 24.1 Å². The molecule has 0 fully saturated rings. The van der Waals surface area contributed by atoms with Crippen LogP contribution >= 0.6 is 0 Å². The number of rotatable bonds is 2. The van der Waals surface area contributed by atoms with Crippen molar-refractivity contribution in [2.75, 3.05) is 6.61 Å². The fourth-order valence-electron chi connectivity index (χ4n) is 1.29. The van der Waals surface area contributed by atoms with E-state index in [9.17, 15) is 9.59 Å². The van der Waals surface area contributed by atoms with Crippen molar-refractivity contribution in [3.63, 3.8) is 0 Å². The van der Waals surface area contributed by atoms with E-state index in [0.29, 0.717) is 6.61 Å². The molecule has 0 saturated carbocycles. The molecule has 1 aliphatic rings. The maximum Gasteiger partial charge on any atom is 0.313 e. The van der Waals surface area contributed by atoms with Gasteiger partial charge in [-0.05, 0) is 19.9 Å². The van der Waals surface area contributed by atoms with Gasteiger partial charge >= 0.3 is 5.97 Å². The van der Waals surface area contributed by atoms with Gasteiger partial charge in [-0.25, -0.2) is 0 Å². The molecule has 3 heteroatoms. The minimum atomic E-state index is -0.322. The summed E-state index contributed by atoms with van der Waals surface area (Å²) in [6.07, 6.45) is 1.80. The largest absolute Gasteiger partial charge is 0.466 e. The van der Waals surface area contributed by atoms with Crippen LogP contribution in [0.25, 0.3) is 0 Å². The molecule has 0 amide bonds. The molecular weight excluding hydrogens is 156 g/mol. The van der Waals surface area contributed by atoms with Crippen LogP contribution in [0, 0.1) is 5.92 Å². The smallest absolute Gasteiger partial charge is 0.313 e. The number of esters is 1. The second-order valence-corrected chi connectivity index (χ2v) is 2.86. The van der Waals surface area contributed by atoms with Gasteiger partial charge in [-0.15, -0.1) is 0 Å². The second-order valence-electron chi connectivity index (χ2n) is 2.86. The molecule has 12 heavy (non-hydrogen) atoms. The number of hydrogen-bond acceptors (Lipinski definition) is 3. The highest BCUT2D eigenvalue weighted by Gasteiger charge is 2.29. The number of carbonyl (C=O) groups is 2. The van der Waals surface area contributed by atoms with Gasteiger partial charge in [-0.2, -0.15) is 0 Å². The standard InChI is InChI=1S/C9H12O3/c1-3-12-9(11)8-5-7(10)4-6(8)2/h4,8H,3,5H2,1-2H3/t8-/m1/s1. The first kappa shape index (κ1) is 8.97. The monoisotopic (exact) mass is 168 g/mol. The van der Waals surface area contributed by atoms with E-state index in [4.69, 9.17) is 4.74 Å². The van der Waals surface area contributed by atoms with Gasteiger partial charge in [0.25, 0.3) is 0 Å². The predicted octanol–water partition coefficient (Wildman–Crippen LogP) is 1.08. The lowest BCUT2D eigenvalue weighted by molar-refractivity contribution is -0.147. The van der Waals surface area contributed by atoms with Crippen LogP contribution in [-0.2, 0) is 14.3 Å². The van der Waals surface area contributed by atoms with E-state index in [1.165, 1.54) is 6.08 Å². The van der Waals surface area contributed by atoms with Crippen molar-refractivity contribution in [1.29, 1.82) is 0 Å². The summed E-state index contributed by atoms with van der Waals surface area (Å²) in [6.45, 7) is 3.91. The summed E-state index contributed by atoms with van der Waals surface area (Å²) in [5.74, 6) is -0.583. The molecule has 0 saturated heterocycles. The first-order valence-electron chi connectivity index (χ1n) is 4.02. The predicted molar refractivity (Wildman–Crippen MR) is 43.5 cm³/mol. The number of ketones is 1. The van der Waals surface area contributed by atoms with E-state index in [1.54, 1.807) is 13.8 Å². The minimum absolute atomic E-state index is 0.0190. The van der Waals surface area contributed by atoms with Crippen molar-refractivity contribution in [2.45, 2.75) is 20.3 Å². The maximum atomic E-state index is 11.2. The fourth-order valence-corrected chi connectivity index (χ4v) is 1.29. The molecule has 3 nitrogen and oxygen atoms in total. The van der Waals surface area contributed by atoms with E-state index in [1.807, 2.05) is 0 Å². The van der Waals surface area contributed by atoms with Crippen molar-refractivity contribution in [3.8, 4) is 0 Å². The molecule has 0 bridgehead atoms. The summed E-state index contributed by atoms with van der Waals surface area (Å²) in [5, 5.41) is 0. The molecule has 0 N–H and O–H groups in total. The zero-order chi connectivity index (χ0) is 9.14. The number of ether oxygens (including phenoxy) is 1. The highest BCUT2D eigenvalue weighted by Crippen LogP contribution is 2.23. The Morgan fingerprint density at radius 3 is 2.83 bits per heavy atom. The van der Waals surface area contributed by atoms with E-state index in [0.717, 1.165) is 5.57 Å². The third-order valence-corrected chi connectivity index (χ3v) is 1.91. The number of carbonyl (C=O) groups excluding carboxylic acids is 2. The molecule has 0 spiro atoms. The Balaban J connectivity index is 2.61. The van der Waals surface area contributed by atoms with Crippen LogP contribution in [0.5, 0.6) is 0 Å². The molecule has 0 aromatic rings. The number of allylic oxidation sites excluding steroid dienone is 1. The molecule has 0 aromatic heterocycles. The van der Waals surface area contributed by atoms with Crippen LogP contribution in [0.1, 0.15) is 20.3 Å². The highest BCUT2D eigenvalue weighted by molar-refractivity contribution is 5.98. The summed E-state index contributed by atoms with van der Waals surface area (Å²) in [6, 6.07) is 0. The fraction of sp³-hybridized carbons (Fsp3) is 0.556. The average Bonchev–Trinajstić information content (AvgIpc) is 2.30. The van der Waals surface area contributed by atoms with E-state index in [2.05, 4.69) is 0 Å². The van der Waals surface area contributed by atoms with E-state index < -0.39 is 0 Å². The molecule has 1 atom stereocenters. The third-order valence-electron chi connectivity index (χ3n) is 1.91. The molecule has 0 radical (unpaired) electrons. The van der Waals surface area contributed by atoms with Gasteiger partial charge in [0.05, 0.1) is 12.5 Å². The highest BCUT2D eigenvalue weighted by atomic mass is 16.5. The van der Waals surface area contributed by atoms with Crippen molar-refractivity contribution >= 4 is 11.8 Å². The normalized spacial score (nSPS) is 22.3. The summed E-state index contributed by atoms with van der Waals surface area (Å²) >= 11 is 0. The van der Waals surface area contributed by atoms with Crippen molar-refractivity contribution in [1.82, 2.24) is 0 Å². The Morgan fingerprint density at radius 1 is 1.75 bits per heavy atom. The minimum Gasteiger partial charge on any atom is -0.466 e. The Kier molecular flexibility index (Phi) is 2.63. The van der Waals surface area contributed by atoms with Gasteiger partial charge in [0.2, 0.25) is 0 Å². The summed E-state index contributed by atoms with van der Waals surface area (Å²) in [5.41, 5.74) is 0.818. The van der Waals surface area contributed by atoms with E-state index >= 15 is 0 Å². The lowest BCUT2D eigenvalue weighted by Gasteiger charge is -2.08. The SMILES string of the molecule is CCOC(=O)[C@@H]1CC(=O)C=C1C.